The molecular weight excluding hydrogens is 430 g/mol. The van der Waals surface area contributed by atoms with Gasteiger partial charge in [0.15, 0.2) is 11.5 Å². The zero-order valence-corrected chi connectivity index (χ0v) is 21.3. The molecule has 2 heterocycles. The van der Waals surface area contributed by atoms with Gasteiger partial charge in [0.1, 0.15) is 5.75 Å². The van der Waals surface area contributed by atoms with Crippen LogP contribution in [-0.4, -0.2) is 36.5 Å². The summed E-state index contributed by atoms with van der Waals surface area (Å²) in [7, 11) is 3.24. The quantitative estimate of drug-likeness (QED) is 0.474. The van der Waals surface area contributed by atoms with Gasteiger partial charge < -0.3 is 23.9 Å². The number of phenolic OH excluding ortho intramolecular Hbond substituents is 1. The average molecular weight is 464 g/mol. The summed E-state index contributed by atoms with van der Waals surface area (Å²) in [6, 6.07) is 7.84. The number of carbonyl (C=O) groups is 1. The second-order valence-corrected chi connectivity index (χ2v) is 9.59. The van der Waals surface area contributed by atoms with Crippen LogP contribution >= 0.6 is 0 Å². The van der Waals surface area contributed by atoms with Crippen LogP contribution in [0.3, 0.4) is 0 Å². The number of hydrogen-bond acceptors (Lipinski definition) is 5. The fourth-order valence-corrected chi connectivity index (χ4v) is 5.19. The molecule has 6 nitrogen and oxygen atoms in total. The topological polar surface area (TPSA) is 69.9 Å². The first kappa shape index (κ1) is 23.7. The van der Waals surface area contributed by atoms with Crippen LogP contribution < -0.4 is 9.47 Å². The van der Waals surface area contributed by atoms with Crippen LogP contribution in [0.5, 0.6) is 17.2 Å². The third-order valence-electron chi connectivity index (χ3n) is 6.84. The molecule has 1 aromatic heterocycles. The highest BCUT2D eigenvalue weighted by atomic mass is 16.5. The summed E-state index contributed by atoms with van der Waals surface area (Å²) in [5, 5.41) is 10.4. The minimum absolute atomic E-state index is 0.213. The summed E-state index contributed by atoms with van der Waals surface area (Å²) in [6.07, 6.45) is 0. The highest BCUT2D eigenvalue weighted by Crippen LogP contribution is 2.50. The molecule has 0 radical (unpaired) electrons. The summed E-state index contributed by atoms with van der Waals surface area (Å²) in [4.78, 5) is 13.5. The number of phenols is 1. The van der Waals surface area contributed by atoms with E-state index in [1.807, 2.05) is 52.0 Å². The Balaban J connectivity index is 2.13. The first-order valence-electron chi connectivity index (χ1n) is 11.5. The first-order chi connectivity index (χ1) is 16.0. The number of fused-ring (bicyclic) bond motifs is 3. The third-order valence-corrected chi connectivity index (χ3v) is 6.84. The molecule has 0 unspecified atom stereocenters. The van der Waals surface area contributed by atoms with E-state index < -0.39 is 0 Å². The highest BCUT2D eigenvalue weighted by Gasteiger charge is 2.39. The number of aryl methyl sites for hydroxylation is 2. The smallest absolute Gasteiger partial charge is 0.340 e. The van der Waals surface area contributed by atoms with Crippen molar-refractivity contribution in [2.75, 3.05) is 20.8 Å². The van der Waals surface area contributed by atoms with Gasteiger partial charge in [0.2, 0.25) is 0 Å². The van der Waals surface area contributed by atoms with E-state index in [9.17, 15) is 9.90 Å². The summed E-state index contributed by atoms with van der Waals surface area (Å²) in [5.74, 6) is 1.18. The molecule has 180 valence electrons. The van der Waals surface area contributed by atoms with Crippen molar-refractivity contribution in [1.82, 2.24) is 4.57 Å². The molecule has 0 aliphatic carbocycles. The lowest BCUT2D eigenvalue weighted by atomic mass is 9.77. The van der Waals surface area contributed by atoms with Gasteiger partial charge in [-0.15, -0.1) is 0 Å². The minimum atomic E-state index is -0.363. The molecule has 1 N–H and O–H groups in total. The third kappa shape index (κ3) is 3.52. The van der Waals surface area contributed by atoms with Crippen molar-refractivity contribution in [3.63, 3.8) is 0 Å². The molecule has 0 saturated carbocycles. The van der Waals surface area contributed by atoms with Crippen molar-refractivity contribution in [3.05, 3.63) is 52.2 Å². The zero-order chi connectivity index (χ0) is 24.9. The lowest BCUT2D eigenvalue weighted by molar-refractivity contribution is 0.0528. The molecule has 0 amide bonds. The van der Waals surface area contributed by atoms with E-state index in [0.717, 1.165) is 44.8 Å². The fourth-order valence-electron chi connectivity index (χ4n) is 5.19. The number of nitrogens with zero attached hydrogens (tertiary/aromatic N) is 1. The van der Waals surface area contributed by atoms with E-state index >= 15 is 0 Å². The lowest BCUT2D eigenvalue weighted by Gasteiger charge is -2.35. The fraction of sp³-hybridized carbons (Fsp3) is 0.393. The predicted molar refractivity (Wildman–Crippen MR) is 133 cm³/mol. The molecule has 0 atom stereocenters. The van der Waals surface area contributed by atoms with Gasteiger partial charge in [-0.25, -0.2) is 4.79 Å². The molecule has 1 aliphatic rings. The molecule has 6 heteroatoms. The molecule has 0 fully saturated rings. The Bertz CT molecular complexity index is 1280. The monoisotopic (exact) mass is 463 g/mol. The standard InChI is InChI=1S/C28H33NO5/c1-9-34-27(31)24-23(18-10-15(2)26(30)16(3)11-18)17(4)29-14-28(5,6)20-13-22(33-8)21(32-7)12-19(20)25(24)29/h10-13,30H,9,14H2,1-8H3. The Morgan fingerprint density at radius 1 is 1.03 bits per heavy atom. The van der Waals surface area contributed by atoms with Crippen molar-refractivity contribution in [2.45, 2.75) is 53.5 Å². The number of aromatic hydroxyl groups is 1. The normalized spacial score (nSPS) is 13.8. The van der Waals surface area contributed by atoms with E-state index in [-0.39, 0.29) is 23.7 Å². The van der Waals surface area contributed by atoms with E-state index in [1.165, 1.54) is 0 Å². The molecule has 3 aromatic rings. The largest absolute Gasteiger partial charge is 0.507 e. The molecule has 0 bridgehead atoms. The van der Waals surface area contributed by atoms with Gasteiger partial charge >= 0.3 is 5.97 Å². The van der Waals surface area contributed by atoms with Crippen LogP contribution in [0.2, 0.25) is 0 Å². The van der Waals surface area contributed by atoms with Gasteiger partial charge in [0, 0.05) is 28.8 Å². The summed E-state index contributed by atoms with van der Waals surface area (Å²) >= 11 is 0. The molecule has 1 aliphatic heterocycles. The van der Waals surface area contributed by atoms with E-state index in [1.54, 1.807) is 14.2 Å². The van der Waals surface area contributed by atoms with Crippen LogP contribution in [-0.2, 0) is 16.7 Å². The van der Waals surface area contributed by atoms with Crippen LogP contribution in [0.25, 0.3) is 22.4 Å². The zero-order valence-electron chi connectivity index (χ0n) is 21.3. The molecule has 2 aromatic carbocycles. The second kappa shape index (κ2) is 8.42. The van der Waals surface area contributed by atoms with Gasteiger partial charge in [-0.2, -0.15) is 0 Å². The van der Waals surface area contributed by atoms with Crippen LogP contribution in [0, 0.1) is 20.8 Å². The number of methoxy groups -OCH3 is 2. The van der Waals surface area contributed by atoms with Gasteiger partial charge in [-0.1, -0.05) is 13.8 Å². The van der Waals surface area contributed by atoms with E-state index in [4.69, 9.17) is 14.2 Å². The van der Waals surface area contributed by atoms with E-state index in [0.29, 0.717) is 23.6 Å². The summed E-state index contributed by atoms with van der Waals surface area (Å²) < 4.78 is 19.0. The average Bonchev–Trinajstić information content (AvgIpc) is 3.08. The number of rotatable bonds is 5. The molecule has 4 rings (SSSR count). The molecule has 0 spiro atoms. The Kier molecular flexibility index (Phi) is 5.88. The Labute approximate surface area is 201 Å². The maximum atomic E-state index is 13.5. The minimum Gasteiger partial charge on any atom is -0.507 e. The number of hydrogen-bond donors (Lipinski definition) is 1. The van der Waals surface area contributed by atoms with E-state index in [2.05, 4.69) is 18.4 Å². The van der Waals surface area contributed by atoms with Crippen molar-refractivity contribution < 1.29 is 24.1 Å². The SMILES string of the molecule is CCOC(=O)c1c(-c2cc(C)c(O)c(C)c2)c(C)n2c1-c1cc(OC)c(OC)cc1C(C)(C)C2. The second-order valence-electron chi connectivity index (χ2n) is 9.59. The maximum Gasteiger partial charge on any atom is 0.340 e. The number of aromatic nitrogens is 1. The number of ether oxygens (including phenoxy) is 3. The van der Waals surface area contributed by atoms with Crippen LogP contribution in [0.15, 0.2) is 24.3 Å². The number of benzene rings is 2. The van der Waals surface area contributed by atoms with Gasteiger partial charge in [0.05, 0.1) is 32.1 Å². The van der Waals surface area contributed by atoms with Gasteiger partial charge in [0.25, 0.3) is 0 Å². The van der Waals surface area contributed by atoms with Crippen molar-refractivity contribution >= 4 is 5.97 Å². The Morgan fingerprint density at radius 3 is 2.18 bits per heavy atom. The predicted octanol–water partition coefficient (Wildman–Crippen LogP) is 5.94. The van der Waals surface area contributed by atoms with Gasteiger partial charge in [-0.05, 0) is 74.2 Å². The first-order valence-corrected chi connectivity index (χ1v) is 11.5. The van der Waals surface area contributed by atoms with Crippen molar-refractivity contribution in [3.8, 4) is 39.6 Å². The maximum absolute atomic E-state index is 13.5. The molecule has 34 heavy (non-hydrogen) atoms. The summed E-state index contributed by atoms with van der Waals surface area (Å²) in [6.45, 7) is 13.0. The number of esters is 1. The molecular formula is C28H33NO5. The Morgan fingerprint density at radius 2 is 1.62 bits per heavy atom. The lowest BCUT2D eigenvalue weighted by Crippen LogP contribution is -2.30. The highest BCUT2D eigenvalue weighted by molar-refractivity contribution is 6.06. The van der Waals surface area contributed by atoms with Crippen molar-refractivity contribution in [2.24, 2.45) is 0 Å². The van der Waals surface area contributed by atoms with Crippen LogP contribution in [0.1, 0.15) is 53.5 Å². The van der Waals surface area contributed by atoms with Crippen molar-refractivity contribution in [1.29, 1.82) is 0 Å². The Hall–Kier alpha value is -3.41. The number of carbonyl (C=O) groups excluding carboxylic acids is 1. The van der Waals surface area contributed by atoms with Gasteiger partial charge in [-0.3, -0.25) is 0 Å². The van der Waals surface area contributed by atoms with Crippen LogP contribution in [0.4, 0.5) is 0 Å². The molecule has 0 saturated heterocycles. The summed E-state index contributed by atoms with van der Waals surface area (Å²) in [5.41, 5.74) is 7.39.